The molecule has 0 aliphatic carbocycles. The van der Waals surface area contributed by atoms with Crippen molar-refractivity contribution in [1.82, 2.24) is 4.98 Å². The van der Waals surface area contributed by atoms with Gasteiger partial charge in [0.15, 0.2) is 0 Å². The molecule has 21 heavy (non-hydrogen) atoms. The van der Waals surface area contributed by atoms with Crippen molar-refractivity contribution < 1.29 is 19.0 Å². The highest BCUT2D eigenvalue weighted by molar-refractivity contribution is 5.87. The molecule has 1 aromatic carbocycles. The maximum absolute atomic E-state index is 13.7. The smallest absolute Gasteiger partial charge is 0.335 e. The molecule has 2 rings (SSSR count). The van der Waals surface area contributed by atoms with E-state index in [-0.39, 0.29) is 17.7 Å². The zero-order chi connectivity index (χ0) is 15.4. The number of aromatic nitrogens is 1. The lowest BCUT2D eigenvalue weighted by Crippen LogP contribution is -2.05. The van der Waals surface area contributed by atoms with Crippen molar-refractivity contribution >= 4 is 5.97 Å². The monoisotopic (exact) mass is 289 g/mol. The molecule has 0 saturated heterocycles. The van der Waals surface area contributed by atoms with Crippen LogP contribution in [-0.2, 0) is 13.0 Å². The van der Waals surface area contributed by atoms with Gasteiger partial charge < -0.3 is 9.84 Å². The number of carbonyl (C=O) groups is 1. The van der Waals surface area contributed by atoms with Crippen LogP contribution in [0.3, 0.4) is 0 Å². The first-order chi connectivity index (χ1) is 10.0. The van der Waals surface area contributed by atoms with Gasteiger partial charge in [-0.15, -0.1) is 0 Å². The van der Waals surface area contributed by atoms with E-state index in [1.165, 1.54) is 12.1 Å². The van der Waals surface area contributed by atoms with Crippen LogP contribution in [0.4, 0.5) is 4.39 Å². The number of ether oxygens (including phenoxy) is 1. The quantitative estimate of drug-likeness (QED) is 0.916. The Morgan fingerprint density at radius 1 is 1.33 bits per heavy atom. The average Bonchev–Trinajstić information content (AvgIpc) is 2.47. The number of aryl methyl sites for hydroxylation is 2. The Labute approximate surface area is 122 Å². The second-order valence-corrected chi connectivity index (χ2v) is 4.65. The van der Waals surface area contributed by atoms with Crippen LogP contribution in [0.5, 0.6) is 5.75 Å². The Morgan fingerprint density at radius 3 is 2.76 bits per heavy atom. The number of aromatic carboxylic acids is 1. The molecule has 2 aromatic rings. The largest absolute Gasteiger partial charge is 0.487 e. The zero-order valence-electron chi connectivity index (χ0n) is 11.9. The molecule has 0 aliphatic heterocycles. The van der Waals surface area contributed by atoms with Crippen molar-refractivity contribution in [1.29, 1.82) is 0 Å². The number of pyridine rings is 1. The van der Waals surface area contributed by atoms with Crippen LogP contribution in [0.2, 0.25) is 0 Å². The second-order valence-electron chi connectivity index (χ2n) is 4.65. The normalized spacial score (nSPS) is 10.4. The van der Waals surface area contributed by atoms with Crippen LogP contribution in [0.25, 0.3) is 0 Å². The average molecular weight is 289 g/mol. The van der Waals surface area contributed by atoms with Gasteiger partial charge >= 0.3 is 5.97 Å². The second kappa shape index (κ2) is 6.35. The van der Waals surface area contributed by atoms with Gasteiger partial charge in [-0.1, -0.05) is 6.92 Å². The Balaban J connectivity index is 2.20. The predicted molar refractivity (Wildman–Crippen MR) is 76.0 cm³/mol. The minimum absolute atomic E-state index is 0.0350. The van der Waals surface area contributed by atoms with Crippen molar-refractivity contribution in [2.75, 3.05) is 0 Å². The van der Waals surface area contributed by atoms with Gasteiger partial charge in [-0.3, -0.25) is 4.98 Å². The maximum atomic E-state index is 13.7. The van der Waals surface area contributed by atoms with Gasteiger partial charge in [0, 0.05) is 11.3 Å². The fourth-order valence-corrected chi connectivity index (χ4v) is 1.96. The van der Waals surface area contributed by atoms with E-state index >= 15 is 0 Å². The number of carboxylic acids is 1. The maximum Gasteiger partial charge on any atom is 0.335 e. The Kier molecular flexibility index (Phi) is 4.52. The third-order valence-electron chi connectivity index (χ3n) is 3.08. The summed E-state index contributed by atoms with van der Waals surface area (Å²) >= 11 is 0. The zero-order valence-corrected chi connectivity index (χ0v) is 11.9. The molecule has 0 unspecified atom stereocenters. The van der Waals surface area contributed by atoms with Gasteiger partial charge in [-0.25, -0.2) is 9.18 Å². The number of nitrogens with zero attached hydrogens (tertiary/aromatic N) is 1. The number of rotatable bonds is 5. The summed E-state index contributed by atoms with van der Waals surface area (Å²) in [5.41, 5.74) is 1.92. The van der Waals surface area contributed by atoms with Crippen molar-refractivity contribution in [3.63, 3.8) is 0 Å². The van der Waals surface area contributed by atoms with Crippen molar-refractivity contribution in [2.24, 2.45) is 0 Å². The predicted octanol–water partition coefficient (Wildman–Crippen LogP) is 3.37. The van der Waals surface area contributed by atoms with E-state index in [4.69, 9.17) is 9.84 Å². The van der Waals surface area contributed by atoms with Crippen LogP contribution < -0.4 is 4.74 Å². The molecule has 1 heterocycles. The molecule has 110 valence electrons. The molecule has 0 fully saturated rings. The molecule has 4 nitrogen and oxygen atoms in total. The van der Waals surface area contributed by atoms with E-state index in [0.29, 0.717) is 12.2 Å². The standard InChI is InChI=1S/C16H16FNO3/c1-3-14-15(7-4-10(2)18-14)21-9-12-8-11(16(19)20)5-6-13(12)17/h4-8H,3,9H2,1-2H3,(H,19,20). The molecule has 0 radical (unpaired) electrons. The lowest BCUT2D eigenvalue weighted by molar-refractivity contribution is 0.0696. The summed E-state index contributed by atoms with van der Waals surface area (Å²) in [6.45, 7) is 3.81. The number of hydrogen-bond donors (Lipinski definition) is 1. The Bertz CT molecular complexity index is 671. The fourth-order valence-electron chi connectivity index (χ4n) is 1.96. The summed E-state index contributed by atoms with van der Waals surface area (Å²) in [4.78, 5) is 15.3. The summed E-state index contributed by atoms with van der Waals surface area (Å²) in [6.07, 6.45) is 0.703. The highest BCUT2D eigenvalue weighted by Crippen LogP contribution is 2.20. The summed E-state index contributed by atoms with van der Waals surface area (Å²) in [5.74, 6) is -0.996. The number of benzene rings is 1. The molecule has 0 saturated carbocycles. The lowest BCUT2D eigenvalue weighted by Gasteiger charge is -2.11. The third-order valence-corrected chi connectivity index (χ3v) is 3.08. The number of halogens is 1. The lowest BCUT2D eigenvalue weighted by atomic mass is 10.1. The van der Waals surface area contributed by atoms with Crippen molar-refractivity contribution in [3.8, 4) is 5.75 Å². The first-order valence-corrected chi connectivity index (χ1v) is 6.62. The topological polar surface area (TPSA) is 59.4 Å². The van der Waals surface area contributed by atoms with Crippen LogP contribution in [0.1, 0.15) is 34.2 Å². The van der Waals surface area contributed by atoms with Gasteiger partial charge in [0.25, 0.3) is 0 Å². The van der Waals surface area contributed by atoms with Crippen LogP contribution in [0, 0.1) is 12.7 Å². The Morgan fingerprint density at radius 2 is 2.10 bits per heavy atom. The van der Waals surface area contributed by atoms with Gasteiger partial charge in [-0.2, -0.15) is 0 Å². The first kappa shape index (κ1) is 15.0. The van der Waals surface area contributed by atoms with E-state index in [2.05, 4.69) is 4.98 Å². The molecule has 0 bridgehead atoms. The summed E-state index contributed by atoms with van der Waals surface area (Å²) in [5, 5.41) is 8.92. The SMILES string of the molecule is CCc1nc(C)ccc1OCc1cc(C(=O)O)ccc1F. The van der Waals surface area contributed by atoms with E-state index in [1.54, 1.807) is 6.07 Å². The molecular formula is C16H16FNO3. The molecule has 0 atom stereocenters. The molecule has 0 spiro atoms. The number of carboxylic acid groups (broad SMARTS) is 1. The molecule has 0 aliphatic rings. The van der Waals surface area contributed by atoms with E-state index in [1.807, 2.05) is 19.9 Å². The van der Waals surface area contributed by atoms with Crippen molar-refractivity contribution in [3.05, 3.63) is 58.7 Å². The van der Waals surface area contributed by atoms with Gasteiger partial charge in [-0.05, 0) is 43.7 Å². The summed E-state index contributed by atoms with van der Waals surface area (Å²) in [6, 6.07) is 7.26. The minimum Gasteiger partial charge on any atom is -0.487 e. The van der Waals surface area contributed by atoms with E-state index in [9.17, 15) is 9.18 Å². The van der Waals surface area contributed by atoms with Gasteiger partial charge in [0.1, 0.15) is 18.2 Å². The third kappa shape index (κ3) is 3.56. The summed E-state index contributed by atoms with van der Waals surface area (Å²) < 4.78 is 19.3. The molecular weight excluding hydrogens is 273 g/mol. The molecule has 0 amide bonds. The van der Waals surface area contributed by atoms with Crippen LogP contribution in [0.15, 0.2) is 30.3 Å². The molecule has 1 N–H and O–H groups in total. The fraction of sp³-hybridized carbons (Fsp3) is 0.250. The van der Waals surface area contributed by atoms with Crippen molar-refractivity contribution in [2.45, 2.75) is 26.9 Å². The van der Waals surface area contributed by atoms with Crippen LogP contribution in [-0.4, -0.2) is 16.1 Å². The Hall–Kier alpha value is -2.43. The van der Waals surface area contributed by atoms with E-state index in [0.717, 1.165) is 17.5 Å². The van der Waals surface area contributed by atoms with E-state index < -0.39 is 11.8 Å². The highest BCUT2D eigenvalue weighted by Gasteiger charge is 2.10. The number of hydrogen-bond acceptors (Lipinski definition) is 3. The summed E-state index contributed by atoms with van der Waals surface area (Å²) in [7, 11) is 0. The highest BCUT2D eigenvalue weighted by atomic mass is 19.1. The molecule has 1 aromatic heterocycles. The van der Waals surface area contributed by atoms with Gasteiger partial charge in [0.05, 0.1) is 11.3 Å². The van der Waals surface area contributed by atoms with Gasteiger partial charge in [0.2, 0.25) is 0 Å². The minimum atomic E-state index is -1.09. The van der Waals surface area contributed by atoms with Crippen LogP contribution >= 0.6 is 0 Å². The first-order valence-electron chi connectivity index (χ1n) is 6.62. The molecule has 5 heteroatoms.